The number of alkyl halides is 2. The number of carbonyl (C=O) groups is 1. The molecule has 2 aliphatic rings. The van der Waals surface area contributed by atoms with Crippen LogP contribution in [0, 0.1) is 26.2 Å². The van der Waals surface area contributed by atoms with E-state index < -0.39 is 45.2 Å². The fourth-order valence-corrected chi connectivity index (χ4v) is 7.43. The summed E-state index contributed by atoms with van der Waals surface area (Å²) in [6.07, 6.45) is 1.52. The molecule has 0 saturated heterocycles. The molecule has 0 radical (unpaired) electrons. The van der Waals surface area contributed by atoms with Crippen LogP contribution >= 0.6 is 0 Å². The van der Waals surface area contributed by atoms with Crippen LogP contribution in [0.15, 0.2) is 41.6 Å². The number of carboxylic acids is 1. The number of aliphatic carboxylic acids is 1. The van der Waals surface area contributed by atoms with Gasteiger partial charge in [-0.15, -0.1) is 10.2 Å². The molecule has 5 heterocycles. The standard InChI is InChI=1S/C30H32F2N6O5S/c1-16-12-22-27(33-13-16)43-30(9-10-30)15-37(44(22,41)42)14-21-17(2)6-7-20(34-21)23(29(4,5)28(39)40)19-8-11-38-25(18(19)3)35-36-26(38)24(31)32/h6-8,11-13,23-24H,9-10,14-15H2,1-5H3,(H,39,40)/t23-/m1/s1. The lowest BCUT2D eigenvalue weighted by Gasteiger charge is -2.32. The van der Waals surface area contributed by atoms with Crippen molar-refractivity contribution in [3.05, 3.63) is 76.1 Å². The number of hydrogen-bond donors (Lipinski definition) is 1. The molecule has 4 aromatic heterocycles. The van der Waals surface area contributed by atoms with Gasteiger partial charge in [0.15, 0.2) is 5.65 Å². The molecule has 44 heavy (non-hydrogen) atoms. The molecule has 0 unspecified atom stereocenters. The van der Waals surface area contributed by atoms with Crippen LogP contribution in [0.25, 0.3) is 5.65 Å². The number of fused-ring (bicyclic) bond motifs is 2. The van der Waals surface area contributed by atoms with Crippen molar-refractivity contribution in [1.82, 2.24) is 28.9 Å². The van der Waals surface area contributed by atoms with Gasteiger partial charge in [-0.2, -0.15) is 4.31 Å². The van der Waals surface area contributed by atoms with Gasteiger partial charge in [-0.3, -0.25) is 14.2 Å². The second-order valence-electron chi connectivity index (χ2n) is 12.3. The number of rotatable bonds is 7. The van der Waals surface area contributed by atoms with E-state index in [0.717, 1.165) is 5.56 Å². The van der Waals surface area contributed by atoms with Crippen molar-refractivity contribution >= 4 is 21.6 Å². The molecule has 4 aromatic rings. The molecule has 1 atom stereocenters. The van der Waals surface area contributed by atoms with E-state index in [9.17, 15) is 27.1 Å². The third kappa shape index (κ3) is 4.89. The number of pyridine rings is 3. The minimum Gasteiger partial charge on any atom is -0.481 e. The summed E-state index contributed by atoms with van der Waals surface area (Å²) in [6.45, 7) is 8.45. The molecule has 14 heteroatoms. The SMILES string of the molecule is Cc1cnc2c(c1)S(=O)(=O)N(Cc1nc([C@@H](c3ccn4c(C(F)F)nnc4c3C)C(C)(C)C(=O)O)ccc1C)CC1(CC1)O2. The Morgan fingerprint density at radius 2 is 1.89 bits per heavy atom. The molecule has 1 aliphatic carbocycles. The first-order valence-electron chi connectivity index (χ1n) is 14.1. The van der Waals surface area contributed by atoms with Crippen LogP contribution in [0.5, 0.6) is 5.88 Å². The number of hydrogen-bond acceptors (Lipinski definition) is 8. The normalized spacial score (nSPS) is 18.2. The van der Waals surface area contributed by atoms with Crippen molar-refractivity contribution < 1.29 is 31.8 Å². The zero-order valence-corrected chi connectivity index (χ0v) is 25.7. The van der Waals surface area contributed by atoms with Gasteiger partial charge in [0.1, 0.15) is 10.5 Å². The summed E-state index contributed by atoms with van der Waals surface area (Å²) >= 11 is 0. The monoisotopic (exact) mass is 626 g/mol. The topological polar surface area (TPSA) is 140 Å². The maximum Gasteiger partial charge on any atom is 0.310 e. The molecule has 1 fully saturated rings. The van der Waals surface area contributed by atoms with Crippen LogP contribution in [-0.2, 0) is 21.4 Å². The zero-order chi connectivity index (χ0) is 31.8. The van der Waals surface area contributed by atoms with Crippen molar-refractivity contribution in [2.24, 2.45) is 5.41 Å². The predicted molar refractivity (Wildman–Crippen MR) is 154 cm³/mol. The van der Waals surface area contributed by atoms with Crippen LogP contribution < -0.4 is 4.74 Å². The lowest BCUT2D eigenvalue weighted by Crippen LogP contribution is -2.38. The Bertz CT molecular complexity index is 1920. The largest absolute Gasteiger partial charge is 0.481 e. The van der Waals surface area contributed by atoms with Gasteiger partial charge >= 0.3 is 5.97 Å². The van der Waals surface area contributed by atoms with Crippen molar-refractivity contribution in [2.75, 3.05) is 6.54 Å². The van der Waals surface area contributed by atoms with Gasteiger partial charge in [-0.1, -0.05) is 6.07 Å². The zero-order valence-electron chi connectivity index (χ0n) is 24.9. The lowest BCUT2D eigenvalue weighted by molar-refractivity contribution is -0.147. The van der Waals surface area contributed by atoms with E-state index in [1.807, 2.05) is 6.92 Å². The molecule has 0 amide bonds. The van der Waals surface area contributed by atoms with Crippen molar-refractivity contribution in [3.8, 4) is 5.88 Å². The molecule has 0 bridgehead atoms. The van der Waals surface area contributed by atoms with E-state index in [0.29, 0.717) is 40.9 Å². The summed E-state index contributed by atoms with van der Waals surface area (Å²) in [4.78, 5) is 21.8. The van der Waals surface area contributed by atoms with E-state index in [1.54, 1.807) is 58.2 Å². The van der Waals surface area contributed by atoms with E-state index in [-0.39, 0.29) is 29.5 Å². The highest BCUT2D eigenvalue weighted by molar-refractivity contribution is 7.89. The maximum absolute atomic E-state index is 13.9. The minimum absolute atomic E-state index is 0.000344. The Labute approximate surface area is 253 Å². The van der Waals surface area contributed by atoms with Gasteiger partial charge < -0.3 is 9.84 Å². The average Bonchev–Trinajstić information content (AvgIpc) is 3.57. The first-order valence-corrected chi connectivity index (χ1v) is 15.6. The van der Waals surface area contributed by atoms with Crippen LogP contribution in [0.1, 0.15) is 78.5 Å². The minimum atomic E-state index is -4.02. The molecule has 1 aliphatic heterocycles. The molecule has 1 saturated carbocycles. The van der Waals surface area contributed by atoms with Crippen molar-refractivity contribution in [3.63, 3.8) is 0 Å². The maximum atomic E-state index is 13.9. The van der Waals surface area contributed by atoms with Gasteiger partial charge in [0.05, 0.1) is 24.2 Å². The van der Waals surface area contributed by atoms with E-state index in [4.69, 9.17) is 9.72 Å². The Kier molecular flexibility index (Phi) is 7.00. The molecule has 1 spiro atoms. The van der Waals surface area contributed by atoms with Crippen molar-refractivity contribution in [1.29, 1.82) is 0 Å². The summed E-state index contributed by atoms with van der Waals surface area (Å²) in [7, 11) is -4.02. The van der Waals surface area contributed by atoms with E-state index in [1.165, 1.54) is 14.9 Å². The lowest BCUT2D eigenvalue weighted by atomic mass is 9.72. The highest BCUT2D eigenvalue weighted by Gasteiger charge is 2.52. The first-order chi connectivity index (χ1) is 20.6. The number of aryl methyl sites for hydroxylation is 3. The van der Waals surface area contributed by atoms with Gasteiger partial charge in [-0.25, -0.2) is 22.2 Å². The number of halogens is 2. The fourth-order valence-electron chi connectivity index (χ4n) is 5.81. The molecular weight excluding hydrogens is 594 g/mol. The quantitative estimate of drug-likeness (QED) is 0.308. The van der Waals surface area contributed by atoms with Crippen LogP contribution in [-0.4, -0.2) is 60.5 Å². The smallest absolute Gasteiger partial charge is 0.310 e. The number of nitrogens with zero attached hydrogens (tertiary/aromatic N) is 6. The van der Waals surface area contributed by atoms with Crippen molar-refractivity contribution in [2.45, 2.75) is 76.8 Å². The van der Waals surface area contributed by atoms with E-state index in [2.05, 4.69) is 15.2 Å². The number of ether oxygens (including phenoxy) is 1. The van der Waals surface area contributed by atoms with Gasteiger partial charge in [-0.05, 0) is 87.9 Å². The molecule has 0 aromatic carbocycles. The molecule has 232 valence electrons. The first kappa shape index (κ1) is 30.0. The number of aromatic nitrogens is 5. The summed E-state index contributed by atoms with van der Waals surface area (Å²) < 4.78 is 63.6. The number of carboxylic acid groups (broad SMARTS) is 1. The van der Waals surface area contributed by atoms with Crippen LogP contribution in [0.2, 0.25) is 0 Å². The molecular formula is C30H32F2N6O5S. The van der Waals surface area contributed by atoms with Gasteiger partial charge in [0, 0.05) is 24.0 Å². The second kappa shape index (κ2) is 10.3. The summed E-state index contributed by atoms with van der Waals surface area (Å²) in [5, 5.41) is 17.9. The summed E-state index contributed by atoms with van der Waals surface area (Å²) in [5.74, 6) is -2.36. The highest BCUT2D eigenvalue weighted by Crippen LogP contribution is 2.47. The Hall–Kier alpha value is -4.04. The summed E-state index contributed by atoms with van der Waals surface area (Å²) in [5.41, 5.74) is 1.38. The van der Waals surface area contributed by atoms with Gasteiger partial charge in [0.25, 0.3) is 6.43 Å². The van der Waals surface area contributed by atoms with Gasteiger partial charge in [0.2, 0.25) is 21.7 Å². The Morgan fingerprint density at radius 1 is 1.16 bits per heavy atom. The highest BCUT2D eigenvalue weighted by atomic mass is 32.2. The third-order valence-corrected chi connectivity index (χ3v) is 10.5. The Balaban J connectivity index is 1.45. The average molecular weight is 627 g/mol. The third-order valence-electron chi connectivity index (χ3n) is 8.68. The predicted octanol–water partition coefficient (Wildman–Crippen LogP) is 4.74. The molecule has 1 N–H and O–H groups in total. The molecule has 6 rings (SSSR count). The number of sulfonamides is 1. The molecule has 11 nitrogen and oxygen atoms in total. The van der Waals surface area contributed by atoms with Crippen LogP contribution in [0.4, 0.5) is 8.78 Å². The Morgan fingerprint density at radius 3 is 2.55 bits per heavy atom. The van der Waals surface area contributed by atoms with Crippen LogP contribution in [0.3, 0.4) is 0 Å². The summed E-state index contributed by atoms with van der Waals surface area (Å²) in [6, 6.07) is 6.65. The van der Waals surface area contributed by atoms with E-state index >= 15 is 0 Å². The second-order valence-corrected chi connectivity index (χ2v) is 14.2. The fraction of sp³-hybridized carbons (Fsp3) is 0.433.